The maximum absolute atomic E-state index is 13.4. The third-order valence-electron chi connectivity index (χ3n) is 3.30. The van der Waals surface area contributed by atoms with E-state index in [4.69, 9.17) is 23.2 Å². The lowest BCUT2D eigenvalue weighted by Gasteiger charge is -2.08. The monoisotopic (exact) mass is 368 g/mol. The fraction of sp³-hybridized carbons (Fsp3) is 0.176. The molecule has 0 atom stereocenters. The molecule has 0 saturated heterocycles. The van der Waals surface area contributed by atoms with E-state index in [1.54, 1.807) is 30.3 Å². The molecule has 0 saturated carbocycles. The highest BCUT2D eigenvalue weighted by molar-refractivity contribution is 6.35. The Morgan fingerprint density at radius 1 is 0.958 bits per heavy atom. The summed E-state index contributed by atoms with van der Waals surface area (Å²) >= 11 is 11.8. The molecule has 0 bridgehead atoms. The summed E-state index contributed by atoms with van der Waals surface area (Å²) in [4.78, 5) is 23.4. The number of hydrogen-bond donors (Lipinski definition) is 2. The zero-order valence-electron chi connectivity index (χ0n) is 12.6. The van der Waals surface area contributed by atoms with Gasteiger partial charge in [-0.05, 0) is 30.2 Å². The van der Waals surface area contributed by atoms with Crippen LogP contribution in [0.1, 0.15) is 11.1 Å². The van der Waals surface area contributed by atoms with Gasteiger partial charge in [0, 0.05) is 28.7 Å². The first-order chi connectivity index (χ1) is 11.5. The fourth-order valence-corrected chi connectivity index (χ4v) is 2.52. The van der Waals surface area contributed by atoms with Gasteiger partial charge in [-0.3, -0.25) is 9.59 Å². The van der Waals surface area contributed by atoms with E-state index in [9.17, 15) is 14.0 Å². The van der Waals surface area contributed by atoms with Gasteiger partial charge in [0.05, 0.1) is 0 Å². The molecule has 7 heteroatoms. The number of benzene rings is 2. The average molecular weight is 369 g/mol. The fourth-order valence-electron chi connectivity index (χ4n) is 2.01. The molecule has 0 radical (unpaired) electrons. The smallest absolute Gasteiger partial charge is 0.309 e. The normalized spacial score (nSPS) is 10.3. The summed E-state index contributed by atoms with van der Waals surface area (Å²) in [6.45, 7) is 0.190. The van der Waals surface area contributed by atoms with E-state index in [0.29, 0.717) is 22.0 Å². The van der Waals surface area contributed by atoms with Crippen LogP contribution in [0.4, 0.5) is 4.39 Å². The molecule has 0 unspecified atom stereocenters. The number of hydrogen-bond acceptors (Lipinski definition) is 2. The van der Waals surface area contributed by atoms with Crippen LogP contribution in [-0.2, 0) is 22.6 Å². The molecule has 126 valence electrons. The molecule has 24 heavy (non-hydrogen) atoms. The molecule has 0 heterocycles. The molecule has 0 spiro atoms. The van der Waals surface area contributed by atoms with Crippen molar-refractivity contribution in [3.63, 3.8) is 0 Å². The zero-order chi connectivity index (χ0) is 17.5. The number of halogens is 3. The van der Waals surface area contributed by atoms with Gasteiger partial charge in [-0.2, -0.15) is 0 Å². The predicted molar refractivity (Wildman–Crippen MR) is 91.4 cm³/mol. The van der Waals surface area contributed by atoms with Crippen molar-refractivity contribution in [1.29, 1.82) is 0 Å². The Morgan fingerprint density at radius 2 is 1.67 bits per heavy atom. The van der Waals surface area contributed by atoms with Gasteiger partial charge in [-0.1, -0.05) is 47.5 Å². The first-order valence-electron chi connectivity index (χ1n) is 7.20. The first-order valence-corrected chi connectivity index (χ1v) is 7.96. The van der Waals surface area contributed by atoms with E-state index in [-0.39, 0.29) is 13.1 Å². The van der Waals surface area contributed by atoms with Crippen LogP contribution in [0.15, 0.2) is 42.5 Å². The standard InChI is InChI=1S/C17H15Cl2FN2O2/c18-13-6-5-11(14(19)9-13)7-8-21-16(23)17(24)22-10-12-3-1-2-4-15(12)20/h1-6,9H,7-8,10H2,(H,21,23)(H,22,24). The number of rotatable bonds is 5. The maximum atomic E-state index is 13.4. The zero-order valence-corrected chi connectivity index (χ0v) is 14.1. The minimum Gasteiger partial charge on any atom is -0.348 e. The Labute approximate surface area is 149 Å². The second-order valence-corrected chi connectivity index (χ2v) is 5.86. The second kappa shape index (κ2) is 8.66. The first kappa shape index (κ1) is 18.2. The third kappa shape index (κ3) is 5.22. The van der Waals surface area contributed by atoms with Crippen LogP contribution in [0.3, 0.4) is 0 Å². The van der Waals surface area contributed by atoms with Crippen LogP contribution in [-0.4, -0.2) is 18.4 Å². The van der Waals surface area contributed by atoms with Crippen LogP contribution in [0.25, 0.3) is 0 Å². The highest BCUT2D eigenvalue weighted by atomic mass is 35.5. The molecule has 2 amide bonds. The van der Waals surface area contributed by atoms with Gasteiger partial charge in [0.1, 0.15) is 5.82 Å². The van der Waals surface area contributed by atoms with Gasteiger partial charge in [0.15, 0.2) is 0 Å². The molecule has 2 aromatic carbocycles. The molecule has 2 rings (SSSR count). The molecule has 0 aliphatic carbocycles. The number of carbonyl (C=O) groups is 2. The summed E-state index contributed by atoms with van der Waals surface area (Å²) in [6, 6.07) is 11.1. The van der Waals surface area contributed by atoms with Crippen molar-refractivity contribution >= 4 is 35.0 Å². The van der Waals surface area contributed by atoms with Gasteiger partial charge in [-0.15, -0.1) is 0 Å². The van der Waals surface area contributed by atoms with Crippen LogP contribution >= 0.6 is 23.2 Å². The lowest BCUT2D eigenvalue weighted by Crippen LogP contribution is -2.40. The summed E-state index contributed by atoms with van der Waals surface area (Å²) in [6.07, 6.45) is 0.461. The number of amides is 2. The van der Waals surface area contributed by atoms with Crippen LogP contribution in [0.5, 0.6) is 0 Å². The maximum Gasteiger partial charge on any atom is 0.309 e. The minimum absolute atomic E-state index is 0.0536. The van der Waals surface area contributed by atoms with Gasteiger partial charge in [-0.25, -0.2) is 4.39 Å². The molecule has 0 aliphatic heterocycles. The molecule has 0 aliphatic rings. The van der Waals surface area contributed by atoms with Crippen molar-refractivity contribution in [1.82, 2.24) is 10.6 Å². The van der Waals surface area contributed by atoms with E-state index < -0.39 is 17.6 Å². The summed E-state index contributed by atoms with van der Waals surface area (Å²) in [5.41, 5.74) is 1.12. The average Bonchev–Trinajstić information content (AvgIpc) is 2.55. The van der Waals surface area contributed by atoms with Crippen molar-refractivity contribution < 1.29 is 14.0 Å². The van der Waals surface area contributed by atoms with Crippen molar-refractivity contribution in [3.05, 3.63) is 69.5 Å². The molecule has 0 aromatic heterocycles. The van der Waals surface area contributed by atoms with Crippen LogP contribution in [0.2, 0.25) is 10.0 Å². The summed E-state index contributed by atoms with van der Waals surface area (Å²) < 4.78 is 13.4. The summed E-state index contributed by atoms with van der Waals surface area (Å²) in [7, 11) is 0. The second-order valence-electron chi connectivity index (χ2n) is 5.02. The van der Waals surface area contributed by atoms with E-state index in [2.05, 4.69) is 10.6 Å². The minimum atomic E-state index is -0.819. The van der Waals surface area contributed by atoms with Crippen LogP contribution < -0.4 is 10.6 Å². The van der Waals surface area contributed by atoms with E-state index in [1.165, 1.54) is 12.1 Å². The van der Waals surface area contributed by atoms with Crippen molar-refractivity contribution in [2.75, 3.05) is 6.54 Å². The SMILES string of the molecule is O=C(NCCc1ccc(Cl)cc1Cl)C(=O)NCc1ccccc1F. The van der Waals surface area contributed by atoms with Gasteiger partial charge < -0.3 is 10.6 Å². The van der Waals surface area contributed by atoms with Crippen molar-refractivity contribution in [3.8, 4) is 0 Å². The van der Waals surface area contributed by atoms with Gasteiger partial charge >= 0.3 is 11.8 Å². The Kier molecular flexibility index (Phi) is 6.58. The Morgan fingerprint density at radius 3 is 2.38 bits per heavy atom. The topological polar surface area (TPSA) is 58.2 Å². The summed E-state index contributed by atoms with van der Waals surface area (Å²) in [5.74, 6) is -2.03. The number of nitrogens with one attached hydrogen (secondary N) is 2. The van der Waals surface area contributed by atoms with Crippen molar-refractivity contribution in [2.24, 2.45) is 0 Å². The van der Waals surface area contributed by atoms with E-state index in [0.717, 1.165) is 5.56 Å². The van der Waals surface area contributed by atoms with Gasteiger partial charge in [0.25, 0.3) is 0 Å². The lowest BCUT2D eigenvalue weighted by molar-refractivity contribution is -0.139. The largest absolute Gasteiger partial charge is 0.348 e. The van der Waals surface area contributed by atoms with Gasteiger partial charge in [0.2, 0.25) is 0 Å². The molecule has 2 N–H and O–H groups in total. The molecule has 2 aromatic rings. The molecule has 4 nitrogen and oxygen atoms in total. The third-order valence-corrected chi connectivity index (χ3v) is 3.89. The molecular formula is C17H15Cl2FN2O2. The highest BCUT2D eigenvalue weighted by Crippen LogP contribution is 2.20. The molecular weight excluding hydrogens is 354 g/mol. The van der Waals surface area contributed by atoms with Crippen molar-refractivity contribution in [2.45, 2.75) is 13.0 Å². The number of carbonyl (C=O) groups excluding carboxylic acids is 2. The highest BCUT2D eigenvalue weighted by Gasteiger charge is 2.13. The lowest BCUT2D eigenvalue weighted by atomic mass is 10.1. The van der Waals surface area contributed by atoms with E-state index in [1.807, 2.05) is 0 Å². The predicted octanol–water partition coefficient (Wildman–Crippen LogP) is 3.11. The van der Waals surface area contributed by atoms with E-state index >= 15 is 0 Å². The Bertz CT molecular complexity index is 753. The Balaban J connectivity index is 1.77. The summed E-state index contributed by atoms with van der Waals surface area (Å²) in [5, 5.41) is 5.89. The quantitative estimate of drug-likeness (QED) is 0.796. The molecule has 0 fully saturated rings. The van der Waals surface area contributed by atoms with Crippen LogP contribution in [0, 0.1) is 5.82 Å². The Hall–Kier alpha value is -2.11.